The van der Waals surface area contributed by atoms with Crippen LogP contribution in [0, 0.1) is 6.92 Å². The maximum Gasteiger partial charge on any atom is 0.229 e. The maximum atomic E-state index is 12.5. The number of amides is 1. The van der Waals surface area contributed by atoms with Crippen molar-refractivity contribution in [1.82, 2.24) is 15.6 Å². The molecule has 2 N–H and O–H groups in total. The SMILES string of the molecule is Cc1cnccc1CNC(=O)C1CNCc2ccccc21. The number of hydrogen-bond donors (Lipinski definition) is 2. The van der Waals surface area contributed by atoms with E-state index in [1.807, 2.05) is 31.3 Å². The van der Waals surface area contributed by atoms with Gasteiger partial charge in [0.25, 0.3) is 0 Å². The second kappa shape index (κ2) is 6.06. The second-order valence-corrected chi connectivity index (χ2v) is 5.40. The zero-order valence-electron chi connectivity index (χ0n) is 12.1. The van der Waals surface area contributed by atoms with Crippen LogP contribution in [0.3, 0.4) is 0 Å². The van der Waals surface area contributed by atoms with Crippen LogP contribution in [-0.4, -0.2) is 17.4 Å². The highest BCUT2D eigenvalue weighted by atomic mass is 16.1. The Morgan fingerprint density at radius 3 is 3.10 bits per heavy atom. The van der Waals surface area contributed by atoms with Gasteiger partial charge in [0.2, 0.25) is 5.91 Å². The number of aromatic nitrogens is 1. The van der Waals surface area contributed by atoms with E-state index < -0.39 is 0 Å². The van der Waals surface area contributed by atoms with Gasteiger partial charge < -0.3 is 10.6 Å². The molecular formula is C17H19N3O. The van der Waals surface area contributed by atoms with Gasteiger partial charge >= 0.3 is 0 Å². The van der Waals surface area contributed by atoms with Gasteiger partial charge in [-0.2, -0.15) is 0 Å². The monoisotopic (exact) mass is 281 g/mol. The summed E-state index contributed by atoms with van der Waals surface area (Å²) >= 11 is 0. The fourth-order valence-electron chi connectivity index (χ4n) is 2.74. The van der Waals surface area contributed by atoms with Crippen LogP contribution in [0.5, 0.6) is 0 Å². The molecule has 0 fully saturated rings. The van der Waals surface area contributed by atoms with Crippen molar-refractivity contribution in [2.24, 2.45) is 0 Å². The molecule has 1 aliphatic heterocycles. The Bertz CT molecular complexity index is 654. The normalized spacial score (nSPS) is 17.1. The van der Waals surface area contributed by atoms with E-state index in [1.54, 1.807) is 6.20 Å². The molecule has 2 heterocycles. The summed E-state index contributed by atoms with van der Waals surface area (Å²) in [5.41, 5.74) is 4.56. The molecule has 0 bridgehead atoms. The number of carbonyl (C=O) groups is 1. The third-order valence-electron chi connectivity index (χ3n) is 4.00. The predicted octanol–water partition coefficient (Wildman–Crippen LogP) is 1.89. The quantitative estimate of drug-likeness (QED) is 0.903. The number of fused-ring (bicyclic) bond motifs is 1. The maximum absolute atomic E-state index is 12.5. The van der Waals surface area contributed by atoms with Gasteiger partial charge in [0.1, 0.15) is 0 Å². The Balaban J connectivity index is 1.71. The highest BCUT2D eigenvalue weighted by Gasteiger charge is 2.25. The van der Waals surface area contributed by atoms with Crippen LogP contribution in [0.25, 0.3) is 0 Å². The fourth-order valence-corrected chi connectivity index (χ4v) is 2.74. The van der Waals surface area contributed by atoms with Crippen molar-refractivity contribution in [3.63, 3.8) is 0 Å². The zero-order chi connectivity index (χ0) is 14.7. The minimum atomic E-state index is -0.114. The molecule has 0 radical (unpaired) electrons. The minimum absolute atomic E-state index is 0.0749. The zero-order valence-corrected chi connectivity index (χ0v) is 12.1. The first kappa shape index (κ1) is 13.8. The summed E-state index contributed by atoms with van der Waals surface area (Å²) in [7, 11) is 0. The van der Waals surface area contributed by atoms with Gasteiger partial charge in [-0.05, 0) is 35.2 Å². The summed E-state index contributed by atoms with van der Waals surface area (Å²) in [5.74, 6) is -0.0389. The lowest BCUT2D eigenvalue weighted by Crippen LogP contribution is -2.38. The van der Waals surface area contributed by atoms with E-state index in [-0.39, 0.29) is 11.8 Å². The predicted molar refractivity (Wildman–Crippen MR) is 81.7 cm³/mol. The third-order valence-corrected chi connectivity index (χ3v) is 4.00. The number of hydrogen-bond acceptors (Lipinski definition) is 3. The molecule has 0 saturated heterocycles. The van der Waals surface area contributed by atoms with Crippen molar-refractivity contribution in [3.8, 4) is 0 Å². The number of nitrogens with one attached hydrogen (secondary N) is 2. The van der Waals surface area contributed by atoms with Crippen molar-refractivity contribution < 1.29 is 4.79 Å². The minimum Gasteiger partial charge on any atom is -0.351 e. The van der Waals surface area contributed by atoms with Crippen molar-refractivity contribution in [2.45, 2.75) is 25.9 Å². The Morgan fingerprint density at radius 2 is 2.24 bits per heavy atom. The molecule has 21 heavy (non-hydrogen) atoms. The molecule has 1 aliphatic rings. The van der Waals surface area contributed by atoms with E-state index in [0.717, 1.165) is 23.2 Å². The molecule has 0 spiro atoms. The van der Waals surface area contributed by atoms with Crippen LogP contribution in [0.2, 0.25) is 0 Å². The van der Waals surface area contributed by atoms with Crippen molar-refractivity contribution >= 4 is 5.91 Å². The first-order chi connectivity index (χ1) is 10.3. The standard InChI is InChI=1S/C17H19N3O/c1-12-8-18-7-6-13(12)10-20-17(21)16-11-19-9-14-4-2-3-5-15(14)16/h2-8,16,19H,9-11H2,1H3,(H,20,21). The Morgan fingerprint density at radius 1 is 1.38 bits per heavy atom. The van der Waals surface area contributed by atoms with Crippen molar-refractivity contribution in [1.29, 1.82) is 0 Å². The molecular weight excluding hydrogens is 262 g/mol. The van der Waals surface area contributed by atoms with E-state index in [1.165, 1.54) is 5.56 Å². The molecule has 3 rings (SSSR count). The number of nitrogens with zero attached hydrogens (tertiary/aromatic N) is 1. The van der Waals surface area contributed by atoms with Crippen LogP contribution < -0.4 is 10.6 Å². The van der Waals surface area contributed by atoms with Gasteiger partial charge in [-0.1, -0.05) is 24.3 Å². The lowest BCUT2D eigenvalue weighted by Gasteiger charge is -2.25. The fraction of sp³-hybridized carbons (Fsp3) is 0.294. The van der Waals surface area contributed by atoms with E-state index >= 15 is 0 Å². The molecule has 4 nitrogen and oxygen atoms in total. The van der Waals surface area contributed by atoms with E-state index in [2.05, 4.69) is 27.8 Å². The summed E-state index contributed by atoms with van der Waals surface area (Å²) in [5, 5.41) is 6.35. The van der Waals surface area contributed by atoms with Gasteiger partial charge in [-0.25, -0.2) is 0 Å². The van der Waals surface area contributed by atoms with Gasteiger partial charge in [0.15, 0.2) is 0 Å². The Kier molecular flexibility index (Phi) is 3.97. The van der Waals surface area contributed by atoms with Crippen LogP contribution >= 0.6 is 0 Å². The molecule has 1 aromatic heterocycles. The summed E-state index contributed by atoms with van der Waals surface area (Å²) in [6.45, 7) is 4.08. The van der Waals surface area contributed by atoms with Crippen molar-refractivity contribution in [3.05, 3.63) is 65.0 Å². The van der Waals surface area contributed by atoms with Gasteiger partial charge in [-0.15, -0.1) is 0 Å². The van der Waals surface area contributed by atoms with Crippen LogP contribution in [0.15, 0.2) is 42.7 Å². The molecule has 108 valence electrons. The molecule has 2 aromatic rings. The number of carbonyl (C=O) groups excluding carboxylic acids is 1. The van der Waals surface area contributed by atoms with E-state index in [4.69, 9.17) is 0 Å². The van der Waals surface area contributed by atoms with Crippen LogP contribution in [0.4, 0.5) is 0 Å². The highest BCUT2D eigenvalue weighted by Crippen LogP contribution is 2.23. The largest absolute Gasteiger partial charge is 0.351 e. The van der Waals surface area contributed by atoms with E-state index in [0.29, 0.717) is 13.1 Å². The lowest BCUT2D eigenvalue weighted by atomic mass is 9.90. The first-order valence-electron chi connectivity index (χ1n) is 7.21. The number of aryl methyl sites for hydroxylation is 1. The average Bonchev–Trinajstić information content (AvgIpc) is 2.53. The van der Waals surface area contributed by atoms with Gasteiger partial charge in [-0.3, -0.25) is 9.78 Å². The molecule has 1 amide bonds. The number of rotatable bonds is 3. The molecule has 0 aliphatic carbocycles. The van der Waals surface area contributed by atoms with Gasteiger partial charge in [0.05, 0.1) is 5.92 Å². The third kappa shape index (κ3) is 2.95. The molecule has 0 saturated carbocycles. The first-order valence-corrected chi connectivity index (χ1v) is 7.21. The molecule has 1 aromatic carbocycles. The number of benzene rings is 1. The van der Waals surface area contributed by atoms with Crippen LogP contribution in [0.1, 0.15) is 28.2 Å². The Labute approximate surface area is 124 Å². The summed E-state index contributed by atoms with van der Waals surface area (Å²) in [6, 6.07) is 10.1. The van der Waals surface area contributed by atoms with Gasteiger partial charge in [0, 0.05) is 32.0 Å². The second-order valence-electron chi connectivity index (χ2n) is 5.40. The van der Waals surface area contributed by atoms with E-state index in [9.17, 15) is 4.79 Å². The lowest BCUT2D eigenvalue weighted by molar-refractivity contribution is -0.122. The smallest absolute Gasteiger partial charge is 0.229 e. The van der Waals surface area contributed by atoms with Crippen molar-refractivity contribution in [2.75, 3.05) is 6.54 Å². The molecule has 4 heteroatoms. The summed E-state index contributed by atoms with van der Waals surface area (Å²) < 4.78 is 0. The summed E-state index contributed by atoms with van der Waals surface area (Å²) in [4.78, 5) is 16.5. The topological polar surface area (TPSA) is 54.0 Å². The van der Waals surface area contributed by atoms with Crippen LogP contribution in [-0.2, 0) is 17.9 Å². The average molecular weight is 281 g/mol. The highest BCUT2D eigenvalue weighted by molar-refractivity contribution is 5.84. The summed E-state index contributed by atoms with van der Waals surface area (Å²) in [6.07, 6.45) is 3.57. The molecule has 1 unspecified atom stereocenters. The molecule has 1 atom stereocenters. The Hall–Kier alpha value is -2.20. The number of pyridine rings is 1.